The van der Waals surface area contributed by atoms with Crippen molar-refractivity contribution in [1.82, 2.24) is 20.4 Å². The van der Waals surface area contributed by atoms with E-state index >= 15 is 0 Å². The van der Waals surface area contributed by atoms with Gasteiger partial charge < -0.3 is 25.2 Å². The van der Waals surface area contributed by atoms with Gasteiger partial charge in [0.05, 0.1) is 12.1 Å². The molecule has 1 aromatic carbocycles. The molecule has 0 aliphatic heterocycles. The van der Waals surface area contributed by atoms with E-state index in [-0.39, 0.29) is 29.6 Å². The molecular formula is C23H34N4O4. The van der Waals surface area contributed by atoms with Gasteiger partial charge in [0.15, 0.2) is 0 Å². The van der Waals surface area contributed by atoms with Crippen molar-refractivity contribution in [1.29, 1.82) is 0 Å². The van der Waals surface area contributed by atoms with Crippen LogP contribution < -0.4 is 10.6 Å². The number of alkyl carbamates (subject to hydrolysis) is 1. The van der Waals surface area contributed by atoms with Crippen LogP contribution in [0.4, 0.5) is 9.59 Å². The fourth-order valence-corrected chi connectivity index (χ4v) is 4.59. The van der Waals surface area contributed by atoms with Gasteiger partial charge in [0.2, 0.25) is 5.91 Å². The Hall–Kier alpha value is -2.77. The van der Waals surface area contributed by atoms with Gasteiger partial charge >= 0.3 is 12.1 Å². The van der Waals surface area contributed by atoms with Gasteiger partial charge in [-0.3, -0.25) is 4.79 Å². The highest BCUT2D eigenvalue weighted by Crippen LogP contribution is 2.63. The maximum Gasteiger partial charge on any atom is 0.408 e. The van der Waals surface area contributed by atoms with Crippen LogP contribution in [-0.4, -0.2) is 71.7 Å². The zero-order chi connectivity index (χ0) is 22.9. The maximum absolute atomic E-state index is 13.1. The SMILES string of the molecule is CN(C)C(=O)NCC(=O)N(CCc1ccccc1)C12CC(NC(=O)OC(C)(C)C)(C1)C2. The average Bonchev–Trinajstić information content (AvgIpc) is 2.62. The van der Waals surface area contributed by atoms with Crippen molar-refractivity contribution in [2.24, 2.45) is 0 Å². The average molecular weight is 431 g/mol. The first kappa shape index (κ1) is 22.9. The lowest BCUT2D eigenvalue weighted by atomic mass is 9.43. The number of carbonyl (C=O) groups excluding carboxylic acids is 3. The van der Waals surface area contributed by atoms with E-state index in [1.807, 2.05) is 56.0 Å². The largest absolute Gasteiger partial charge is 0.444 e. The summed E-state index contributed by atoms with van der Waals surface area (Å²) in [6.07, 6.45) is 2.45. The van der Waals surface area contributed by atoms with E-state index in [4.69, 9.17) is 4.74 Å². The minimum Gasteiger partial charge on any atom is -0.444 e. The molecule has 170 valence electrons. The van der Waals surface area contributed by atoms with E-state index in [0.717, 1.165) is 12.0 Å². The van der Waals surface area contributed by atoms with Gasteiger partial charge in [-0.05, 0) is 52.0 Å². The number of rotatable bonds is 7. The molecule has 3 saturated carbocycles. The lowest BCUT2D eigenvalue weighted by Crippen LogP contribution is -2.84. The summed E-state index contributed by atoms with van der Waals surface area (Å²) in [6, 6.07) is 9.74. The lowest BCUT2D eigenvalue weighted by molar-refractivity contribution is -0.187. The first-order chi connectivity index (χ1) is 14.4. The Balaban J connectivity index is 1.62. The lowest BCUT2D eigenvalue weighted by Gasteiger charge is -2.73. The van der Waals surface area contributed by atoms with Crippen molar-refractivity contribution in [3.8, 4) is 0 Å². The zero-order valence-corrected chi connectivity index (χ0v) is 19.2. The molecule has 0 atom stereocenters. The quantitative estimate of drug-likeness (QED) is 0.696. The molecular weight excluding hydrogens is 396 g/mol. The van der Waals surface area contributed by atoms with E-state index in [2.05, 4.69) is 10.6 Å². The summed E-state index contributed by atoms with van der Waals surface area (Å²) in [6.45, 7) is 6.04. The second-order valence-corrected chi connectivity index (χ2v) is 10.00. The summed E-state index contributed by atoms with van der Waals surface area (Å²) in [5.74, 6) is -0.100. The number of urea groups is 1. The highest BCUT2D eigenvalue weighted by atomic mass is 16.6. The van der Waals surface area contributed by atoms with Gasteiger partial charge in [-0.25, -0.2) is 9.59 Å². The first-order valence-electron chi connectivity index (χ1n) is 10.7. The molecule has 1 aromatic rings. The molecule has 2 N–H and O–H groups in total. The molecule has 4 rings (SSSR count). The van der Waals surface area contributed by atoms with Crippen LogP contribution in [0.5, 0.6) is 0 Å². The normalized spacial score (nSPS) is 23.6. The van der Waals surface area contributed by atoms with Gasteiger partial charge in [0.25, 0.3) is 0 Å². The van der Waals surface area contributed by atoms with E-state index in [9.17, 15) is 14.4 Å². The summed E-state index contributed by atoms with van der Waals surface area (Å²) in [4.78, 5) is 40.4. The summed E-state index contributed by atoms with van der Waals surface area (Å²) in [7, 11) is 3.28. The van der Waals surface area contributed by atoms with Gasteiger partial charge in [0.1, 0.15) is 5.60 Å². The summed E-state index contributed by atoms with van der Waals surface area (Å²) in [5.41, 5.74) is 0.0588. The molecule has 8 heteroatoms. The minimum atomic E-state index is -0.548. The molecule has 3 fully saturated rings. The van der Waals surface area contributed by atoms with Crippen LogP contribution in [0.3, 0.4) is 0 Å². The predicted molar refractivity (Wildman–Crippen MR) is 118 cm³/mol. The molecule has 3 aliphatic rings. The van der Waals surface area contributed by atoms with Crippen molar-refractivity contribution >= 4 is 18.0 Å². The van der Waals surface area contributed by atoms with Gasteiger partial charge in [0, 0.05) is 26.2 Å². The topological polar surface area (TPSA) is 91.0 Å². The van der Waals surface area contributed by atoms with Crippen LogP contribution in [0, 0.1) is 0 Å². The van der Waals surface area contributed by atoms with Gasteiger partial charge in [-0.15, -0.1) is 0 Å². The van der Waals surface area contributed by atoms with Crippen molar-refractivity contribution in [3.63, 3.8) is 0 Å². The number of benzene rings is 1. The number of hydrogen-bond donors (Lipinski definition) is 2. The van der Waals surface area contributed by atoms with Crippen LogP contribution in [0.25, 0.3) is 0 Å². The second kappa shape index (κ2) is 8.40. The standard InChI is InChI=1S/C23H34N4O4/c1-21(2,3)31-20(30)25-22-14-23(15-22,16-22)27(12-11-17-9-7-6-8-10-17)18(28)13-24-19(29)26(4)5/h6-10H,11-16H2,1-5H3,(H,24,29)(H,25,30). The highest BCUT2D eigenvalue weighted by molar-refractivity contribution is 5.85. The van der Waals surface area contributed by atoms with E-state index < -0.39 is 11.7 Å². The molecule has 0 unspecified atom stereocenters. The molecule has 31 heavy (non-hydrogen) atoms. The third kappa shape index (κ3) is 5.29. The minimum absolute atomic E-state index is 0.0416. The zero-order valence-electron chi connectivity index (χ0n) is 19.2. The molecule has 0 saturated heterocycles. The van der Waals surface area contributed by atoms with Crippen LogP contribution >= 0.6 is 0 Å². The Labute approximate surface area is 184 Å². The van der Waals surface area contributed by atoms with Crippen LogP contribution in [-0.2, 0) is 16.0 Å². The summed E-state index contributed by atoms with van der Waals surface area (Å²) >= 11 is 0. The second-order valence-electron chi connectivity index (χ2n) is 10.00. The van der Waals surface area contributed by atoms with Crippen LogP contribution in [0.1, 0.15) is 45.6 Å². The predicted octanol–water partition coefficient (Wildman–Crippen LogP) is 2.53. The Kier molecular flexibility index (Phi) is 6.21. The van der Waals surface area contributed by atoms with Crippen LogP contribution in [0.2, 0.25) is 0 Å². The monoisotopic (exact) mass is 430 g/mol. The first-order valence-corrected chi connectivity index (χ1v) is 10.7. The maximum atomic E-state index is 13.1. The molecule has 4 amide bonds. The summed E-state index contributed by atoms with van der Waals surface area (Å²) in [5, 5.41) is 5.67. The molecule has 0 spiro atoms. The van der Waals surface area contributed by atoms with E-state index in [1.165, 1.54) is 4.90 Å². The third-order valence-corrected chi connectivity index (χ3v) is 5.91. The van der Waals surface area contributed by atoms with Crippen molar-refractivity contribution in [2.75, 3.05) is 27.2 Å². The molecule has 0 heterocycles. The Morgan fingerprint density at radius 1 is 1.06 bits per heavy atom. The molecule has 8 nitrogen and oxygen atoms in total. The van der Waals surface area contributed by atoms with E-state index in [0.29, 0.717) is 25.8 Å². The number of nitrogens with zero attached hydrogens (tertiary/aromatic N) is 2. The van der Waals surface area contributed by atoms with Crippen molar-refractivity contribution in [3.05, 3.63) is 35.9 Å². The number of hydrogen-bond acceptors (Lipinski definition) is 4. The molecule has 2 bridgehead atoms. The van der Waals surface area contributed by atoms with Crippen molar-refractivity contribution < 1.29 is 19.1 Å². The Morgan fingerprint density at radius 2 is 1.68 bits per heavy atom. The highest BCUT2D eigenvalue weighted by Gasteiger charge is 2.72. The van der Waals surface area contributed by atoms with Gasteiger partial charge in [-0.2, -0.15) is 0 Å². The smallest absolute Gasteiger partial charge is 0.408 e. The molecule has 0 aromatic heterocycles. The fraction of sp³-hybridized carbons (Fsp3) is 0.609. The third-order valence-electron chi connectivity index (χ3n) is 5.91. The van der Waals surface area contributed by atoms with Crippen molar-refractivity contribution in [2.45, 2.75) is 63.1 Å². The Morgan fingerprint density at radius 3 is 2.23 bits per heavy atom. The van der Waals surface area contributed by atoms with Crippen LogP contribution in [0.15, 0.2) is 30.3 Å². The number of nitrogens with one attached hydrogen (secondary N) is 2. The fourth-order valence-electron chi connectivity index (χ4n) is 4.59. The van der Waals surface area contributed by atoms with E-state index in [1.54, 1.807) is 14.1 Å². The molecule has 0 radical (unpaired) electrons. The number of amides is 4. The number of carbonyl (C=O) groups is 3. The van der Waals surface area contributed by atoms with Gasteiger partial charge in [-0.1, -0.05) is 30.3 Å². The summed E-state index contributed by atoms with van der Waals surface area (Å²) < 4.78 is 5.38. The number of ether oxygens (including phenoxy) is 1. The molecule has 3 aliphatic carbocycles. The Bertz CT molecular complexity index is 812.